The zero-order chi connectivity index (χ0) is 14.8. The second-order valence-corrected chi connectivity index (χ2v) is 6.52. The van der Waals surface area contributed by atoms with Crippen LogP contribution in [0, 0.1) is 0 Å². The third-order valence-electron chi connectivity index (χ3n) is 4.20. The predicted molar refractivity (Wildman–Crippen MR) is 88.6 cm³/mol. The van der Waals surface area contributed by atoms with Crippen LogP contribution in [0.25, 0.3) is 10.8 Å². The van der Waals surface area contributed by atoms with Crippen LogP contribution in [0.15, 0.2) is 58.5 Å². The molecule has 22 heavy (non-hydrogen) atoms. The van der Waals surface area contributed by atoms with Gasteiger partial charge in [0.1, 0.15) is 0 Å². The van der Waals surface area contributed by atoms with E-state index in [0.717, 1.165) is 29.6 Å². The maximum atomic E-state index is 5.43. The van der Waals surface area contributed by atoms with E-state index < -0.39 is 0 Å². The Hall–Kier alpha value is -1.91. The summed E-state index contributed by atoms with van der Waals surface area (Å²) in [5.41, 5.74) is 2.56. The standard InChI is InChI=1S/C18H18N2OS/c1-2-6-14(7-3-1)16-8-4-10-20(16)12-15-13-22-18(19-15)17-9-5-11-21-17/h1-3,5-7,9,11,13,16H,4,8,10,12H2/t16-/m1/s1. The van der Waals surface area contributed by atoms with Gasteiger partial charge in [0.25, 0.3) is 0 Å². The summed E-state index contributed by atoms with van der Waals surface area (Å²) >= 11 is 1.66. The quantitative estimate of drug-likeness (QED) is 0.697. The zero-order valence-electron chi connectivity index (χ0n) is 12.3. The first-order valence-corrected chi connectivity index (χ1v) is 8.55. The molecule has 0 spiro atoms. The molecule has 3 nitrogen and oxygen atoms in total. The van der Waals surface area contributed by atoms with Gasteiger partial charge in [-0.2, -0.15) is 0 Å². The van der Waals surface area contributed by atoms with E-state index in [1.807, 2.05) is 12.1 Å². The van der Waals surface area contributed by atoms with E-state index in [4.69, 9.17) is 9.40 Å². The van der Waals surface area contributed by atoms with E-state index in [0.29, 0.717) is 6.04 Å². The van der Waals surface area contributed by atoms with Crippen molar-refractivity contribution in [2.75, 3.05) is 6.54 Å². The molecule has 0 radical (unpaired) electrons. The molecule has 0 saturated carbocycles. The molecule has 0 amide bonds. The van der Waals surface area contributed by atoms with E-state index in [9.17, 15) is 0 Å². The molecule has 3 heterocycles. The van der Waals surface area contributed by atoms with Gasteiger partial charge in [-0.3, -0.25) is 4.90 Å². The van der Waals surface area contributed by atoms with Gasteiger partial charge in [0, 0.05) is 18.0 Å². The second-order valence-electron chi connectivity index (χ2n) is 5.66. The van der Waals surface area contributed by atoms with Crippen LogP contribution in [0.3, 0.4) is 0 Å². The second kappa shape index (κ2) is 6.07. The molecule has 0 bridgehead atoms. The van der Waals surface area contributed by atoms with E-state index in [1.165, 1.54) is 18.4 Å². The molecule has 2 aromatic heterocycles. The van der Waals surface area contributed by atoms with Crippen LogP contribution in [-0.2, 0) is 6.54 Å². The van der Waals surface area contributed by atoms with Gasteiger partial charge in [0.2, 0.25) is 0 Å². The summed E-state index contributed by atoms with van der Waals surface area (Å²) in [7, 11) is 0. The summed E-state index contributed by atoms with van der Waals surface area (Å²) in [5.74, 6) is 0.859. The molecule has 1 fully saturated rings. The highest BCUT2D eigenvalue weighted by atomic mass is 32.1. The first-order valence-electron chi connectivity index (χ1n) is 7.67. The summed E-state index contributed by atoms with van der Waals surface area (Å²) in [4.78, 5) is 7.27. The molecule has 0 unspecified atom stereocenters. The maximum Gasteiger partial charge on any atom is 0.162 e. The van der Waals surface area contributed by atoms with Crippen LogP contribution in [0.4, 0.5) is 0 Å². The van der Waals surface area contributed by atoms with Crippen LogP contribution in [-0.4, -0.2) is 16.4 Å². The highest BCUT2D eigenvalue weighted by Gasteiger charge is 2.26. The largest absolute Gasteiger partial charge is 0.462 e. The van der Waals surface area contributed by atoms with Crippen molar-refractivity contribution < 1.29 is 4.42 Å². The Bertz CT molecular complexity index is 721. The average molecular weight is 310 g/mol. The summed E-state index contributed by atoms with van der Waals surface area (Å²) < 4.78 is 5.43. The molecular weight excluding hydrogens is 292 g/mol. The number of furan rings is 1. The van der Waals surface area contributed by atoms with Gasteiger partial charge in [-0.1, -0.05) is 30.3 Å². The first-order chi connectivity index (χ1) is 10.9. The lowest BCUT2D eigenvalue weighted by atomic mass is 10.0. The van der Waals surface area contributed by atoms with Gasteiger partial charge in [-0.05, 0) is 37.1 Å². The zero-order valence-corrected chi connectivity index (χ0v) is 13.1. The first kappa shape index (κ1) is 13.7. The molecule has 0 N–H and O–H groups in total. The number of aromatic nitrogens is 1. The van der Waals surface area contributed by atoms with Crippen molar-refractivity contribution >= 4 is 11.3 Å². The van der Waals surface area contributed by atoms with E-state index >= 15 is 0 Å². The van der Waals surface area contributed by atoms with Crippen molar-refractivity contribution in [1.82, 2.24) is 9.88 Å². The highest BCUT2D eigenvalue weighted by Crippen LogP contribution is 2.33. The molecule has 3 aromatic rings. The summed E-state index contributed by atoms with van der Waals surface area (Å²) in [6.07, 6.45) is 4.19. The van der Waals surface area contributed by atoms with Crippen molar-refractivity contribution in [2.45, 2.75) is 25.4 Å². The van der Waals surface area contributed by atoms with Crippen LogP contribution >= 0.6 is 11.3 Å². The van der Waals surface area contributed by atoms with Crippen molar-refractivity contribution in [3.05, 3.63) is 65.4 Å². The van der Waals surface area contributed by atoms with Crippen molar-refractivity contribution in [3.8, 4) is 10.8 Å². The van der Waals surface area contributed by atoms with Crippen molar-refractivity contribution in [2.24, 2.45) is 0 Å². The Morgan fingerprint density at radius 3 is 2.91 bits per heavy atom. The van der Waals surface area contributed by atoms with Crippen LogP contribution in [0.5, 0.6) is 0 Å². The fraction of sp³-hybridized carbons (Fsp3) is 0.278. The Morgan fingerprint density at radius 2 is 2.09 bits per heavy atom. The molecule has 4 heteroatoms. The molecule has 1 aliphatic heterocycles. The van der Waals surface area contributed by atoms with Gasteiger partial charge in [0.05, 0.1) is 12.0 Å². The third-order valence-corrected chi connectivity index (χ3v) is 5.10. The van der Waals surface area contributed by atoms with Gasteiger partial charge >= 0.3 is 0 Å². The Kier molecular flexibility index (Phi) is 3.79. The number of rotatable bonds is 4. The summed E-state index contributed by atoms with van der Waals surface area (Å²) in [5, 5.41) is 3.12. The summed E-state index contributed by atoms with van der Waals surface area (Å²) in [6.45, 7) is 2.06. The summed E-state index contributed by atoms with van der Waals surface area (Å²) in [6, 6.07) is 15.2. The van der Waals surface area contributed by atoms with Crippen LogP contribution in [0.2, 0.25) is 0 Å². The Morgan fingerprint density at radius 1 is 1.18 bits per heavy atom. The monoisotopic (exact) mass is 310 g/mol. The van der Waals surface area contributed by atoms with E-state index in [1.54, 1.807) is 17.6 Å². The lowest BCUT2D eigenvalue weighted by Gasteiger charge is -2.23. The average Bonchev–Trinajstić information content (AvgIpc) is 3.30. The predicted octanol–water partition coefficient (Wildman–Crippen LogP) is 4.74. The van der Waals surface area contributed by atoms with Gasteiger partial charge in [-0.15, -0.1) is 11.3 Å². The van der Waals surface area contributed by atoms with Gasteiger partial charge < -0.3 is 4.42 Å². The molecule has 1 aromatic carbocycles. The number of likely N-dealkylation sites (tertiary alicyclic amines) is 1. The third kappa shape index (κ3) is 2.72. The van der Waals surface area contributed by atoms with Crippen molar-refractivity contribution in [3.63, 3.8) is 0 Å². The van der Waals surface area contributed by atoms with Crippen molar-refractivity contribution in [1.29, 1.82) is 0 Å². The Balaban J connectivity index is 1.51. The highest BCUT2D eigenvalue weighted by molar-refractivity contribution is 7.13. The Labute approximate surface area is 134 Å². The van der Waals surface area contributed by atoms with Gasteiger partial charge in [0.15, 0.2) is 10.8 Å². The topological polar surface area (TPSA) is 29.3 Å². The smallest absolute Gasteiger partial charge is 0.162 e. The number of hydrogen-bond donors (Lipinski definition) is 0. The van der Waals surface area contributed by atoms with Gasteiger partial charge in [-0.25, -0.2) is 4.98 Å². The fourth-order valence-corrected chi connectivity index (χ4v) is 3.95. The molecule has 112 valence electrons. The molecule has 0 aliphatic carbocycles. The fourth-order valence-electron chi connectivity index (χ4n) is 3.17. The SMILES string of the molecule is c1ccc([C@H]2CCCN2Cc2csc(-c3ccco3)n2)cc1. The van der Waals surface area contributed by atoms with E-state index in [2.05, 4.69) is 40.6 Å². The number of thiazole rings is 1. The normalized spacial score (nSPS) is 18.8. The van der Waals surface area contributed by atoms with Crippen LogP contribution < -0.4 is 0 Å². The molecule has 1 aliphatic rings. The lowest BCUT2D eigenvalue weighted by molar-refractivity contribution is 0.246. The minimum Gasteiger partial charge on any atom is -0.462 e. The molecule has 1 saturated heterocycles. The number of hydrogen-bond acceptors (Lipinski definition) is 4. The van der Waals surface area contributed by atoms with E-state index in [-0.39, 0.29) is 0 Å². The minimum atomic E-state index is 0.523. The van der Waals surface area contributed by atoms with Crippen LogP contribution in [0.1, 0.15) is 30.1 Å². The molecule has 4 rings (SSSR count). The number of nitrogens with zero attached hydrogens (tertiary/aromatic N) is 2. The molecule has 1 atom stereocenters. The lowest BCUT2D eigenvalue weighted by Crippen LogP contribution is -2.22. The molecular formula is C18H18N2OS. The minimum absolute atomic E-state index is 0.523. The number of benzene rings is 1. The maximum absolute atomic E-state index is 5.43.